The number of Topliss-reactive ketones (excluding diaryl/α,β-unsaturated/α-hetero) is 1. The highest BCUT2D eigenvalue weighted by Crippen LogP contribution is 2.22. The van der Waals surface area contributed by atoms with Crippen LogP contribution in [0.4, 0.5) is 0 Å². The molecule has 0 amide bonds. The van der Waals surface area contributed by atoms with Gasteiger partial charge in [0.1, 0.15) is 29.4 Å². The lowest BCUT2D eigenvalue weighted by molar-refractivity contribution is 0.0375. The zero-order valence-corrected chi connectivity index (χ0v) is 13.5. The molecule has 0 heterocycles. The Kier molecular flexibility index (Phi) is 6.56. The van der Waals surface area contributed by atoms with E-state index in [1.54, 1.807) is 25.8 Å². The van der Waals surface area contributed by atoms with Gasteiger partial charge >= 0.3 is 5.97 Å². The third kappa shape index (κ3) is 4.27. The summed E-state index contributed by atoms with van der Waals surface area (Å²) in [5, 5.41) is 34.3. The van der Waals surface area contributed by atoms with Crippen LogP contribution < -0.4 is 0 Å². The minimum absolute atomic E-state index is 0.0730. The van der Waals surface area contributed by atoms with Gasteiger partial charge in [-0.3, -0.25) is 10.2 Å². The average molecular weight is 332 g/mol. The maximum absolute atomic E-state index is 12.8. The van der Waals surface area contributed by atoms with Crippen LogP contribution in [0.3, 0.4) is 0 Å². The topological polar surface area (TPSA) is 139 Å². The van der Waals surface area contributed by atoms with E-state index < -0.39 is 34.6 Å². The predicted molar refractivity (Wildman–Crippen MR) is 86.4 cm³/mol. The molecule has 0 saturated carbocycles. The fourth-order valence-corrected chi connectivity index (χ4v) is 1.91. The summed E-state index contributed by atoms with van der Waals surface area (Å²) in [6, 6.07) is 10.3. The van der Waals surface area contributed by atoms with Crippen LogP contribution in [-0.4, -0.2) is 23.7 Å². The zero-order chi connectivity index (χ0) is 19.0. The number of allylic oxidation sites excluding steroid dienone is 3. The van der Waals surface area contributed by atoms with E-state index in [4.69, 9.17) is 25.9 Å². The number of nitrogens with one attached hydrogen (secondary N) is 1. The van der Waals surface area contributed by atoms with Crippen LogP contribution in [0.15, 0.2) is 41.0 Å². The Labute approximate surface area is 144 Å². The summed E-state index contributed by atoms with van der Waals surface area (Å²) in [4.78, 5) is 25.0. The first-order valence-electron chi connectivity index (χ1n) is 7.00. The van der Waals surface area contributed by atoms with E-state index in [-0.39, 0.29) is 11.1 Å². The molecule has 1 aromatic rings. The lowest BCUT2D eigenvalue weighted by atomic mass is 9.91. The molecule has 0 atom stereocenters. The van der Waals surface area contributed by atoms with Gasteiger partial charge in [-0.05, 0) is 25.8 Å². The minimum Gasteiger partial charge on any atom is -0.459 e. The fourth-order valence-electron chi connectivity index (χ4n) is 1.91. The van der Waals surface area contributed by atoms with Crippen molar-refractivity contribution in [2.45, 2.75) is 20.0 Å². The normalized spacial score (nSPS) is 8.96. The van der Waals surface area contributed by atoms with Crippen molar-refractivity contribution in [2.75, 3.05) is 0 Å². The molecule has 0 aliphatic carbocycles. The van der Waals surface area contributed by atoms with Gasteiger partial charge in [-0.1, -0.05) is 18.2 Å². The van der Waals surface area contributed by atoms with Crippen molar-refractivity contribution in [2.24, 2.45) is 0 Å². The number of carbonyl (C=O) groups excluding carboxylic acids is 2. The lowest BCUT2D eigenvalue weighted by Crippen LogP contribution is -2.17. The molecule has 7 nitrogen and oxygen atoms in total. The number of carbonyl (C=O) groups is 2. The number of esters is 1. The van der Waals surface area contributed by atoms with Crippen molar-refractivity contribution in [1.82, 2.24) is 0 Å². The van der Waals surface area contributed by atoms with E-state index in [2.05, 4.69) is 0 Å². The predicted octanol–water partition coefficient (Wildman–Crippen LogP) is 2.48. The number of benzene rings is 1. The summed E-state index contributed by atoms with van der Waals surface area (Å²) >= 11 is 0. The maximum Gasteiger partial charge on any atom is 0.339 e. The molecule has 0 aromatic heterocycles. The Hall–Kier alpha value is -3.98. The maximum atomic E-state index is 12.8. The molecule has 0 unspecified atom stereocenters. The van der Waals surface area contributed by atoms with Gasteiger partial charge in [-0.2, -0.15) is 15.8 Å². The summed E-state index contributed by atoms with van der Waals surface area (Å²) < 4.78 is 5.07. The van der Waals surface area contributed by atoms with Crippen molar-refractivity contribution in [1.29, 1.82) is 21.2 Å². The fraction of sp³-hybridized carbons (Fsp3) is 0.167. The largest absolute Gasteiger partial charge is 0.459 e. The first kappa shape index (κ1) is 19.1. The molecule has 1 aromatic carbocycles. The number of ether oxygens (including phenoxy) is 1. The van der Waals surface area contributed by atoms with Crippen LogP contribution in [0, 0.1) is 39.4 Å². The van der Waals surface area contributed by atoms with E-state index in [1.807, 2.05) is 0 Å². The molecule has 7 heteroatoms. The Bertz CT molecular complexity index is 914. The molecule has 0 aliphatic rings. The van der Waals surface area contributed by atoms with E-state index in [0.717, 1.165) is 0 Å². The summed E-state index contributed by atoms with van der Waals surface area (Å²) in [6.45, 7) is 3.28. The number of hydrogen-bond acceptors (Lipinski definition) is 7. The molecule has 122 valence electrons. The number of hydrogen-bond donors (Lipinski definition) is 1. The van der Waals surface area contributed by atoms with Crippen LogP contribution in [0.1, 0.15) is 34.6 Å². The minimum atomic E-state index is -0.911. The van der Waals surface area contributed by atoms with E-state index in [9.17, 15) is 9.59 Å². The number of rotatable bonds is 5. The van der Waals surface area contributed by atoms with Gasteiger partial charge in [0.05, 0.1) is 17.2 Å². The summed E-state index contributed by atoms with van der Waals surface area (Å²) in [5.74, 6) is 0.0713. The average Bonchev–Trinajstić information content (AvgIpc) is 2.61. The lowest BCUT2D eigenvalue weighted by Gasteiger charge is -2.12. The molecule has 1 rings (SSSR count). The first-order valence-corrected chi connectivity index (χ1v) is 7.00. The van der Waals surface area contributed by atoms with Gasteiger partial charge in [-0.25, -0.2) is 4.79 Å². The standard InChI is InChI=1S/C18H12N4O3/c1-11(2)25-18(24)15-6-4-3-5-14(15)17(23)16(12(7-19)8-20)13(9-21)10-22/h3-6,11,19H,1-2H3. The van der Waals surface area contributed by atoms with E-state index in [1.165, 1.54) is 36.4 Å². The smallest absolute Gasteiger partial charge is 0.339 e. The van der Waals surface area contributed by atoms with Crippen LogP contribution in [-0.2, 0) is 4.74 Å². The van der Waals surface area contributed by atoms with E-state index in [0.29, 0.717) is 0 Å². The summed E-state index contributed by atoms with van der Waals surface area (Å²) in [5.41, 5.74) is -2.01. The Morgan fingerprint density at radius 2 is 1.60 bits per heavy atom. The second-order valence-electron chi connectivity index (χ2n) is 4.91. The summed E-state index contributed by atoms with van der Waals surface area (Å²) in [7, 11) is 0. The van der Waals surface area contributed by atoms with Crippen molar-refractivity contribution < 1.29 is 14.3 Å². The molecule has 1 N–H and O–H groups in total. The highest BCUT2D eigenvalue weighted by molar-refractivity contribution is 6.19. The van der Waals surface area contributed by atoms with Crippen molar-refractivity contribution in [3.8, 4) is 18.2 Å². The molecular weight excluding hydrogens is 320 g/mol. The molecule has 0 aliphatic heterocycles. The number of nitrogens with zero attached hydrogens (tertiary/aromatic N) is 3. The third-order valence-electron chi connectivity index (χ3n) is 2.92. The SMILES string of the molecule is CC(C)OC(=O)c1ccccc1C(=O)C(C(=C=N)C#N)=C(C#N)C#N. The molecule has 0 fully saturated rings. The Morgan fingerprint density at radius 1 is 1.04 bits per heavy atom. The highest BCUT2D eigenvalue weighted by Gasteiger charge is 2.26. The van der Waals surface area contributed by atoms with Crippen molar-refractivity contribution >= 4 is 17.6 Å². The van der Waals surface area contributed by atoms with Crippen molar-refractivity contribution in [3.05, 3.63) is 52.1 Å². The second kappa shape index (κ2) is 8.60. The van der Waals surface area contributed by atoms with Gasteiger partial charge in [-0.15, -0.1) is 0 Å². The van der Waals surface area contributed by atoms with Gasteiger partial charge < -0.3 is 4.74 Å². The Morgan fingerprint density at radius 3 is 2.04 bits per heavy atom. The Balaban J connectivity index is 3.64. The number of nitriles is 3. The monoisotopic (exact) mass is 332 g/mol. The number of ketones is 1. The third-order valence-corrected chi connectivity index (χ3v) is 2.92. The molecule has 0 radical (unpaired) electrons. The quantitative estimate of drug-likeness (QED) is 0.219. The van der Waals surface area contributed by atoms with Crippen LogP contribution >= 0.6 is 0 Å². The molecule has 0 bridgehead atoms. The van der Waals surface area contributed by atoms with Gasteiger partial charge in [0, 0.05) is 5.56 Å². The van der Waals surface area contributed by atoms with Gasteiger partial charge in [0.15, 0.2) is 5.78 Å². The zero-order valence-electron chi connectivity index (χ0n) is 13.5. The van der Waals surface area contributed by atoms with Crippen LogP contribution in [0.5, 0.6) is 0 Å². The van der Waals surface area contributed by atoms with Crippen LogP contribution in [0.2, 0.25) is 0 Å². The van der Waals surface area contributed by atoms with Crippen LogP contribution in [0.25, 0.3) is 0 Å². The molecular formula is C18H12N4O3. The van der Waals surface area contributed by atoms with Crippen molar-refractivity contribution in [3.63, 3.8) is 0 Å². The molecule has 25 heavy (non-hydrogen) atoms. The van der Waals surface area contributed by atoms with Gasteiger partial charge in [0.2, 0.25) is 0 Å². The highest BCUT2D eigenvalue weighted by atomic mass is 16.5. The molecule has 0 spiro atoms. The molecule has 0 saturated heterocycles. The van der Waals surface area contributed by atoms with Gasteiger partial charge in [0.25, 0.3) is 0 Å². The van der Waals surface area contributed by atoms with E-state index >= 15 is 0 Å². The second-order valence-corrected chi connectivity index (χ2v) is 4.91. The first-order chi connectivity index (χ1) is 11.9. The summed E-state index contributed by atoms with van der Waals surface area (Å²) in [6.07, 6.45) is -0.421.